The van der Waals surface area contributed by atoms with Gasteiger partial charge >= 0.3 is 5.97 Å². The van der Waals surface area contributed by atoms with Crippen molar-refractivity contribution >= 4 is 5.97 Å². The van der Waals surface area contributed by atoms with Gasteiger partial charge in [0, 0.05) is 0 Å². The number of hydrogen-bond donors (Lipinski definition) is 2. The summed E-state index contributed by atoms with van der Waals surface area (Å²) in [6.45, 7) is 2.25. The average Bonchev–Trinajstić information content (AvgIpc) is 1.96. The standard InChI is InChI=1S/C7H13F2NO2/c1-2-3-10-5(7(8)9)4-6(11)12/h5,7,10H,2-4H2,1H3,(H,11,12). The lowest BCUT2D eigenvalue weighted by Crippen LogP contribution is -2.37. The molecule has 0 saturated carbocycles. The molecule has 0 heterocycles. The van der Waals surface area contributed by atoms with Crippen LogP contribution >= 0.6 is 0 Å². The highest BCUT2D eigenvalue weighted by molar-refractivity contribution is 5.67. The summed E-state index contributed by atoms with van der Waals surface area (Å²) in [4.78, 5) is 10.1. The van der Waals surface area contributed by atoms with Crippen LogP contribution in [0.1, 0.15) is 19.8 Å². The van der Waals surface area contributed by atoms with Crippen LogP contribution in [-0.4, -0.2) is 30.1 Å². The number of carboxylic acid groups (broad SMARTS) is 1. The van der Waals surface area contributed by atoms with Crippen LogP contribution in [0.15, 0.2) is 0 Å². The number of rotatable bonds is 6. The van der Waals surface area contributed by atoms with E-state index in [9.17, 15) is 13.6 Å². The van der Waals surface area contributed by atoms with Crippen molar-refractivity contribution in [2.24, 2.45) is 0 Å². The van der Waals surface area contributed by atoms with Crippen LogP contribution in [0.5, 0.6) is 0 Å². The van der Waals surface area contributed by atoms with Crippen molar-refractivity contribution in [3.8, 4) is 0 Å². The second-order valence-corrected chi connectivity index (χ2v) is 2.49. The van der Waals surface area contributed by atoms with Gasteiger partial charge in [0.15, 0.2) is 0 Å². The predicted molar refractivity (Wildman–Crippen MR) is 40.3 cm³/mol. The molecule has 0 aromatic rings. The van der Waals surface area contributed by atoms with E-state index in [1.165, 1.54) is 0 Å². The van der Waals surface area contributed by atoms with Gasteiger partial charge in [0.25, 0.3) is 6.43 Å². The number of aliphatic carboxylic acids is 1. The molecule has 0 rings (SSSR count). The highest BCUT2D eigenvalue weighted by Gasteiger charge is 2.21. The van der Waals surface area contributed by atoms with Crippen molar-refractivity contribution in [1.82, 2.24) is 5.32 Å². The molecule has 0 aromatic carbocycles. The molecule has 0 fully saturated rings. The van der Waals surface area contributed by atoms with Gasteiger partial charge in [-0.05, 0) is 13.0 Å². The lowest BCUT2D eigenvalue weighted by Gasteiger charge is -2.14. The van der Waals surface area contributed by atoms with Crippen molar-refractivity contribution < 1.29 is 18.7 Å². The molecule has 0 spiro atoms. The SMILES string of the molecule is CCCNC(CC(=O)O)C(F)F. The molecular weight excluding hydrogens is 168 g/mol. The van der Waals surface area contributed by atoms with Gasteiger partial charge in [-0.25, -0.2) is 8.78 Å². The summed E-state index contributed by atoms with van der Waals surface area (Å²) in [5.41, 5.74) is 0. The van der Waals surface area contributed by atoms with Crippen molar-refractivity contribution in [3.05, 3.63) is 0 Å². The molecule has 0 amide bonds. The van der Waals surface area contributed by atoms with Gasteiger partial charge in [0.05, 0.1) is 12.5 Å². The fraction of sp³-hybridized carbons (Fsp3) is 0.857. The molecule has 12 heavy (non-hydrogen) atoms. The molecule has 0 aromatic heterocycles. The smallest absolute Gasteiger partial charge is 0.305 e. The van der Waals surface area contributed by atoms with Gasteiger partial charge in [-0.3, -0.25) is 4.79 Å². The number of carboxylic acids is 1. The Kier molecular flexibility index (Phi) is 5.53. The van der Waals surface area contributed by atoms with Crippen molar-refractivity contribution in [3.63, 3.8) is 0 Å². The Morgan fingerprint density at radius 3 is 2.50 bits per heavy atom. The summed E-state index contributed by atoms with van der Waals surface area (Å²) in [5, 5.41) is 10.7. The Bertz CT molecular complexity index is 141. The molecule has 1 unspecified atom stereocenters. The number of halogens is 2. The van der Waals surface area contributed by atoms with E-state index in [0.29, 0.717) is 13.0 Å². The van der Waals surface area contributed by atoms with E-state index in [0.717, 1.165) is 0 Å². The van der Waals surface area contributed by atoms with Crippen LogP contribution in [0.3, 0.4) is 0 Å². The van der Waals surface area contributed by atoms with Gasteiger partial charge in [0.2, 0.25) is 0 Å². The predicted octanol–water partition coefficient (Wildman–Crippen LogP) is 1.09. The van der Waals surface area contributed by atoms with Crippen LogP contribution < -0.4 is 5.32 Å². The van der Waals surface area contributed by atoms with Gasteiger partial charge < -0.3 is 10.4 Å². The van der Waals surface area contributed by atoms with E-state index >= 15 is 0 Å². The molecule has 0 radical (unpaired) electrons. The first-order valence-electron chi connectivity index (χ1n) is 3.81. The summed E-state index contributed by atoms with van der Waals surface area (Å²) in [7, 11) is 0. The first-order valence-corrected chi connectivity index (χ1v) is 3.81. The second kappa shape index (κ2) is 5.88. The highest BCUT2D eigenvalue weighted by atomic mass is 19.3. The molecule has 2 N–H and O–H groups in total. The Hall–Kier alpha value is -0.710. The van der Waals surface area contributed by atoms with Crippen LogP contribution in [0, 0.1) is 0 Å². The average molecular weight is 181 g/mol. The largest absolute Gasteiger partial charge is 0.481 e. The summed E-state index contributed by atoms with van der Waals surface area (Å²) < 4.78 is 24.1. The Labute approximate surface area is 69.8 Å². The Morgan fingerprint density at radius 1 is 1.58 bits per heavy atom. The molecular formula is C7H13F2NO2. The maximum absolute atomic E-state index is 12.1. The summed E-state index contributed by atoms with van der Waals surface area (Å²) in [6, 6.07) is -1.22. The summed E-state index contributed by atoms with van der Waals surface area (Å²) >= 11 is 0. The van der Waals surface area contributed by atoms with E-state index in [2.05, 4.69) is 5.32 Å². The fourth-order valence-electron chi connectivity index (χ4n) is 0.768. The molecule has 0 aliphatic carbocycles. The number of hydrogen-bond acceptors (Lipinski definition) is 2. The highest BCUT2D eigenvalue weighted by Crippen LogP contribution is 2.04. The van der Waals surface area contributed by atoms with Crippen molar-refractivity contribution in [1.29, 1.82) is 0 Å². The summed E-state index contributed by atoms with van der Waals surface area (Å²) in [5.74, 6) is -1.20. The first kappa shape index (κ1) is 11.3. The Balaban J connectivity index is 3.78. The number of nitrogens with one attached hydrogen (secondary N) is 1. The zero-order chi connectivity index (χ0) is 9.56. The molecule has 5 heteroatoms. The molecule has 0 saturated heterocycles. The zero-order valence-corrected chi connectivity index (χ0v) is 6.89. The van der Waals surface area contributed by atoms with Crippen LogP contribution in [-0.2, 0) is 4.79 Å². The second-order valence-electron chi connectivity index (χ2n) is 2.49. The third-order valence-corrected chi connectivity index (χ3v) is 1.36. The molecule has 72 valence electrons. The van der Waals surface area contributed by atoms with Gasteiger partial charge in [-0.15, -0.1) is 0 Å². The molecule has 0 aliphatic heterocycles. The van der Waals surface area contributed by atoms with Crippen LogP contribution in [0.2, 0.25) is 0 Å². The van der Waals surface area contributed by atoms with Crippen LogP contribution in [0.4, 0.5) is 8.78 Å². The lowest BCUT2D eigenvalue weighted by atomic mass is 10.2. The normalized spacial score (nSPS) is 13.3. The van der Waals surface area contributed by atoms with Gasteiger partial charge in [-0.1, -0.05) is 6.92 Å². The fourth-order valence-corrected chi connectivity index (χ4v) is 0.768. The number of carbonyl (C=O) groups is 1. The monoisotopic (exact) mass is 181 g/mol. The van der Waals surface area contributed by atoms with E-state index in [-0.39, 0.29) is 0 Å². The van der Waals surface area contributed by atoms with Gasteiger partial charge in [-0.2, -0.15) is 0 Å². The van der Waals surface area contributed by atoms with Crippen molar-refractivity contribution in [2.75, 3.05) is 6.54 Å². The molecule has 0 bridgehead atoms. The number of alkyl halides is 2. The molecule has 0 aliphatic rings. The van der Waals surface area contributed by atoms with E-state index in [1.54, 1.807) is 0 Å². The van der Waals surface area contributed by atoms with E-state index in [4.69, 9.17) is 5.11 Å². The minimum Gasteiger partial charge on any atom is -0.481 e. The maximum atomic E-state index is 12.1. The minimum absolute atomic E-state index is 0.419. The summed E-state index contributed by atoms with van der Waals surface area (Å²) in [6.07, 6.45) is -2.44. The van der Waals surface area contributed by atoms with E-state index < -0.39 is 24.9 Å². The maximum Gasteiger partial charge on any atom is 0.305 e. The van der Waals surface area contributed by atoms with Crippen molar-refractivity contribution in [2.45, 2.75) is 32.2 Å². The molecule has 1 atom stereocenters. The quantitative estimate of drug-likeness (QED) is 0.645. The molecule has 3 nitrogen and oxygen atoms in total. The Morgan fingerprint density at radius 2 is 2.17 bits per heavy atom. The third-order valence-electron chi connectivity index (χ3n) is 1.36. The topological polar surface area (TPSA) is 49.3 Å². The van der Waals surface area contributed by atoms with E-state index in [1.807, 2.05) is 6.92 Å². The zero-order valence-electron chi connectivity index (χ0n) is 6.89. The lowest BCUT2D eigenvalue weighted by molar-refractivity contribution is -0.138. The van der Waals surface area contributed by atoms with Gasteiger partial charge in [0.1, 0.15) is 0 Å². The third kappa shape index (κ3) is 5.01. The van der Waals surface area contributed by atoms with Crippen LogP contribution in [0.25, 0.3) is 0 Å². The minimum atomic E-state index is -2.62. The first-order chi connectivity index (χ1) is 5.57.